The molecular weight excluding hydrogens is 505 g/mol. The quantitative estimate of drug-likeness (QED) is 0.0912. The molecule has 0 amide bonds. The van der Waals surface area contributed by atoms with Crippen molar-refractivity contribution in [3.8, 4) is 0 Å². The number of phosphoric ester groups is 1. The fraction of sp³-hybridized carbons (Fsp3) is 0.600. The van der Waals surface area contributed by atoms with Gasteiger partial charge in [-0.15, -0.1) is 0 Å². The van der Waals surface area contributed by atoms with E-state index in [0.717, 1.165) is 4.57 Å². The van der Waals surface area contributed by atoms with Crippen molar-refractivity contribution in [2.75, 3.05) is 6.61 Å². The van der Waals surface area contributed by atoms with Crippen LogP contribution in [-0.2, 0) is 36.4 Å². The SMILES string of the molecule is Cc1cn([C@H]2C[C@@H](ON)[C@@H](COP(=O)(O)OP(=O)(O)OP(=O)(O)O)O2)c(=O)nc1N=[N+]=[N-]. The van der Waals surface area contributed by atoms with Gasteiger partial charge >= 0.3 is 29.2 Å². The lowest BCUT2D eigenvalue weighted by atomic mass is 10.2. The second-order valence-electron chi connectivity index (χ2n) is 6.05. The van der Waals surface area contributed by atoms with Crippen molar-refractivity contribution in [1.29, 1.82) is 0 Å². The van der Waals surface area contributed by atoms with Gasteiger partial charge in [-0.05, 0) is 23.1 Å². The van der Waals surface area contributed by atoms with E-state index in [9.17, 15) is 23.4 Å². The van der Waals surface area contributed by atoms with E-state index in [1.54, 1.807) is 0 Å². The molecule has 0 aromatic carbocycles. The summed E-state index contributed by atoms with van der Waals surface area (Å²) in [5.41, 5.74) is 7.95. The van der Waals surface area contributed by atoms with Crippen molar-refractivity contribution in [2.24, 2.45) is 11.0 Å². The molecule has 1 aromatic heterocycles. The van der Waals surface area contributed by atoms with Crippen LogP contribution in [0.15, 0.2) is 16.1 Å². The molecule has 1 aromatic rings. The third kappa shape index (κ3) is 7.52. The highest BCUT2D eigenvalue weighted by molar-refractivity contribution is 7.66. The van der Waals surface area contributed by atoms with Crippen molar-refractivity contribution in [3.05, 3.63) is 32.7 Å². The molecule has 1 fully saturated rings. The molecule has 1 aliphatic rings. The average molecular weight is 522 g/mol. The van der Waals surface area contributed by atoms with E-state index < -0.39 is 54.2 Å². The molecule has 0 spiro atoms. The standard InChI is InChI=1S/C10H17N6O13P3/c1-5-3-16(10(17)13-9(5)14-15-11)8-2-6(27-12)7(26-8)4-25-31(21,22)29-32(23,24)28-30(18,19)20/h3,6-8H,2,4,12H2,1H3,(H,21,22)(H,23,24)(H2,18,19,20)/t6-,7-,8-/m1/s1. The highest BCUT2D eigenvalue weighted by Crippen LogP contribution is 2.66. The molecule has 2 heterocycles. The van der Waals surface area contributed by atoms with Gasteiger partial charge in [-0.1, -0.05) is 0 Å². The van der Waals surface area contributed by atoms with Crippen LogP contribution in [0.1, 0.15) is 18.2 Å². The van der Waals surface area contributed by atoms with Gasteiger partial charge in [0, 0.05) is 17.5 Å². The normalized spacial score (nSPS) is 25.0. The third-order valence-corrected chi connectivity index (χ3v) is 7.53. The number of aryl methyl sites for hydroxylation is 1. The minimum absolute atomic E-state index is 0.0667. The summed E-state index contributed by atoms with van der Waals surface area (Å²) in [7, 11) is -16.6. The van der Waals surface area contributed by atoms with Gasteiger partial charge in [0.2, 0.25) is 0 Å². The number of phosphoric acid groups is 3. The zero-order valence-electron chi connectivity index (χ0n) is 15.8. The van der Waals surface area contributed by atoms with Crippen LogP contribution >= 0.6 is 23.5 Å². The molecule has 32 heavy (non-hydrogen) atoms. The number of nitrogens with zero attached hydrogens (tertiary/aromatic N) is 5. The Hall–Kier alpha value is -1.52. The van der Waals surface area contributed by atoms with Gasteiger partial charge in [-0.2, -0.15) is 13.6 Å². The largest absolute Gasteiger partial charge is 0.490 e. The summed E-state index contributed by atoms with van der Waals surface area (Å²) in [6.07, 6.45) is -2.04. The van der Waals surface area contributed by atoms with Gasteiger partial charge in [0.15, 0.2) is 0 Å². The highest BCUT2D eigenvalue weighted by atomic mass is 31.3. The monoisotopic (exact) mass is 522 g/mol. The molecule has 22 heteroatoms. The Morgan fingerprint density at radius 3 is 2.53 bits per heavy atom. The minimum atomic E-state index is -5.69. The summed E-state index contributed by atoms with van der Waals surface area (Å²) in [6, 6.07) is 0. The number of aromatic nitrogens is 2. The van der Waals surface area contributed by atoms with Gasteiger partial charge in [0.05, 0.1) is 6.61 Å². The van der Waals surface area contributed by atoms with Crippen molar-refractivity contribution >= 4 is 29.3 Å². The van der Waals surface area contributed by atoms with Crippen LogP contribution in [0.3, 0.4) is 0 Å². The Morgan fingerprint density at radius 2 is 1.97 bits per heavy atom. The van der Waals surface area contributed by atoms with Crippen LogP contribution in [0.5, 0.6) is 0 Å². The van der Waals surface area contributed by atoms with E-state index in [1.165, 1.54) is 13.1 Å². The first-order valence-corrected chi connectivity index (χ1v) is 12.6. The maximum atomic E-state index is 12.2. The number of ether oxygens (including phenoxy) is 1. The molecular formula is C10H17N6O13P3. The van der Waals surface area contributed by atoms with Gasteiger partial charge in [0.1, 0.15) is 24.3 Å². The Bertz CT molecular complexity index is 1100. The number of nitrogens with two attached hydrogens (primary N) is 1. The molecule has 0 radical (unpaired) electrons. The summed E-state index contributed by atoms with van der Waals surface area (Å²) in [6.45, 7) is 0.672. The second kappa shape index (κ2) is 10.2. The first-order valence-electron chi connectivity index (χ1n) is 8.10. The number of hydrogen-bond acceptors (Lipinski definition) is 12. The molecule has 2 rings (SSSR count). The molecule has 0 saturated carbocycles. The van der Waals surface area contributed by atoms with Crippen LogP contribution in [0.25, 0.3) is 10.4 Å². The second-order valence-corrected chi connectivity index (χ2v) is 10.5. The molecule has 6 N–H and O–H groups in total. The molecule has 1 saturated heterocycles. The van der Waals surface area contributed by atoms with Crippen LogP contribution in [0.4, 0.5) is 5.82 Å². The zero-order valence-corrected chi connectivity index (χ0v) is 18.5. The predicted molar refractivity (Wildman–Crippen MR) is 99.4 cm³/mol. The predicted octanol–water partition coefficient (Wildman–Crippen LogP) is 0.383. The van der Waals surface area contributed by atoms with Crippen LogP contribution in [0.2, 0.25) is 0 Å². The molecule has 1 aliphatic heterocycles. The maximum Gasteiger partial charge on any atom is 0.490 e. The third-order valence-electron chi connectivity index (χ3n) is 3.73. The van der Waals surface area contributed by atoms with Crippen molar-refractivity contribution in [1.82, 2.24) is 9.55 Å². The van der Waals surface area contributed by atoms with Gasteiger partial charge < -0.3 is 24.3 Å². The first-order chi connectivity index (χ1) is 14.7. The summed E-state index contributed by atoms with van der Waals surface area (Å²) < 4.78 is 52.0. The number of hydrogen-bond donors (Lipinski definition) is 5. The summed E-state index contributed by atoms with van der Waals surface area (Å²) in [5, 5.41) is 3.26. The minimum Gasteiger partial charge on any atom is -0.349 e. The zero-order chi connectivity index (χ0) is 24.3. The lowest BCUT2D eigenvalue weighted by molar-refractivity contribution is -0.0618. The van der Waals surface area contributed by atoms with Gasteiger partial charge in [-0.25, -0.2) is 24.4 Å². The highest BCUT2D eigenvalue weighted by Gasteiger charge is 2.43. The molecule has 180 valence electrons. The summed E-state index contributed by atoms with van der Waals surface area (Å²) in [4.78, 5) is 58.7. The van der Waals surface area contributed by atoms with E-state index in [4.69, 9.17) is 30.8 Å². The molecule has 19 nitrogen and oxygen atoms in total. The molecule has 0 bridgehead atoms. The van der Waals surface area contributed by atoms with E-state index >= 15 is 0 Å². The first kappa shape index (κ1) is 26.7. The van der Waals surface area contributed by atoms with E-state index in [1.807, 2.05) is 0 Å². The molecule has 0 aliphatic carbocycles. The van der Waals surface area contributed by atoms with Crippen LogP contribution in [-0.4, -0.2) is 47.9 Å². The number of azide groups is 1. The lowest BCUT2D eigenvalue weighted by Gasteiger charge is -2.20. The van der Waals surface area contributed by atoms with Gasteiger partial charge in [0.25, 0.3) is 0 Å². The van der Waals surface area contributed by atoms with Crippen molar-refractivity contribution in [3.63, 3.8) is 0 Å². The van der Waals surface area contributed by atoms with Gasteiger partial charge in [-0.3, -0.25) is 13.9 Å². The van der Waals surface area contributed by atoms with Crippen molar-refractivity contribution in [2.45, 2.75) is 31.8 Å². The lowest BCUT2D eigenvalue weighted by Crippen LogP contribution is -2.31. The van der Waals surface area contributed by atoms with Crippen LogP contribution < -0.4 is 11.6 Å². The van der Waals surface area contributed by atoms with E-state index in [-0.39, 0.29) is 12.2 Å². The molecule has 2 unspecified atom stereocenters. The topological polar surface area (TPSA) is 288 Å². The van der Waals surface area contributed by atoms with Crippen molar-refractivity contribution < 1.29 is 56.0 Å². The maximum absolute atomic E-state index is 12.2. The summed E-state index contributed by atoms with van der Waals surface area (Å²) in [5.74, 6) is 5.01. The van der Waals surface area contributed by atoms with E-state index in [0.29, 0.717) is 5.56 Å². The fourth-order valence-electron chi connectivity index (χ4n) is 2.54. The fourth-order valence-corrected chi connectivity index (χ4v) is 5.57. The smallest absolute Gasteiger partial charge is 0.349 e. The van der Waals surface area contributed by atoms with Crippen LogP contribution in [0, 0.1) is 6.92 Å². The average Bonchev–Trinajstić information content (AvgIpc) is 3.03. The summed E-state index contributed by atoms with van der Waals surface area (Å²) >= 11 is 0. The Labute approximate surface area is 177 Å². The Balaban J connectivity index is 2.11. The number of rotatable bonds is 10. The Kier molecular flexibility index (Phi) is 8.50. The Morgan fingerprint density at radius 1 is 1.31 bits per heavy atom. The van der Waals surface area contributed by atoms with E-state index in [2.05, 4.69) is 33.0 Å². The molecule has 5 atom stereocenters.